The van der Waals surface area contributed by atoms with Gasteiger partial charge in [0.15, 0.2) is 0 Å². The number of likely N-dealkylation sites (N-methyl/N-ethyl adjacent to an activating group) is 1. The highest BCUT2D eigenvalue weighted by atomic mass is 32.2. The third-order valence-electron chi connectivity index (χ3n) is 5.74. The van der Waals surface area contributed by atoms with Crippen molar-refractivity contribution in [1.29, 1.82) is 0 Å². The summed E-state index contributed by atoms with van der Waals surface area (Å²) in [6.07, 6.45) is -0.553. The van der Waals surface area contributed by atoms with Crippen LogP contribution in [0.2, 0.25) is 0 Å². The summed E-state index contributed by atoms with van der Waals surface area (Å²) in [5, 5.41) is 18.7. The summed E-state index contributed by atoms with van der Waals surface area (Å²) >= 11 is 0. The van der Waals surface area contributed by atoms with Gasteiger partial charge in [-0.2, -0.15) is 4.31 Å². The Bertz CT molecular complexity index is 1280. The molecular formula is C27H35N3O8S. The first-order valence-corrected chi connectivity index (χ1v) is 13.5. The Balaban J connectivity index is 2.14. The molecule has 12 heteroatoms. The number of hydrogen-bond acceptors (Lipinski definition) is 7. The molecule has 1 unspecified atom stereocenters. The van der Waals surface area contributed by atoms with E-state index in [1.54, 1.807) is 19.1 Å². The van der Waals surface area contributed by atoms with E-state index in [1.807, 2.05) is 20.8 Å². The maximum Gasteiger partial charge on any atom is 0.407 e. The molecule has 0 aliphatic rings. The number of ether oxygens (including phenoxy) is 2. The molecule has 2 rings (SSSR count). The van der Waals surface area contributed by atoms with Crippen LogP contribution in [0.5, 0.6) is 11.5 Å². The van der Waals surface area contributed by atoms with Crippen LogP contribution in [0.1, 0.15) is 45.7 Å². The molecule has 0 bridgehead atoms. The van der Waals surface area contributed by atoms with E-state index >= 15 is 0 Å². The Kier molecular flexibility index (Phi) is 11.2. The lowest BCUT2D eigenvalue weighted by Gasteiger charge is -2.33. The number of carboxylic acid groups (broad SMARTS) is 1. The lowest BCUT2D eigenvalue weighted by atomic mass is 10.1. The summed E-state index contributed by atoms with van der Waals surface area (Å²) < 4.78 is 38.5. The van der Waals surface area contributed by atoms with Crippen molar-refractivity contribution in [3.63, 3.8) is 0 Å². The van der Waals surface area contributed by atoms with Crippen LogP contribution < -0.4 is 15.0 Å². The predicted molar refractivity (Wildman–Crippen MR) is 144 cm³/mol. The highest BCUT2D eigenvalue weighted by Crippen LogP contribution is 2.29. The molecule has 3 N–H and O–H groups in total. The van der Waals surface area contributed by atoms with Gasteiger partial charge in [-0.1, -0.05) is 18.1 Å². The van der Waals surface area contributed by atoms with Gasteiger partial charge in [-0.3, -0.25) is 10.0 Å². The van der Waals surface area contributed by atoms with E-state index < -0.39 is 33.6 Å². The van der Waals surface area contributed by atoms with Crippen molar-refractivity contribution in [3.05, 3.63) is 54.1 Å². The van der Waals surface area contributed by atoms with Crippen molar-refractivity contribution in [3.8, 4) is 23.3 Å². The van der Waals surface area contributed by atoms with E-state index in [4.69, 9.17) is 9.47 Å². The molecule has 39 heavy (non-hydrogen) atoms. The van der Waals surface area contributed by atoms with E-state index in [-0.39, 0.29) is 24.7 Å². The molecular weight excluding hydrogens is 526 g/mol. The van der Waals surface area contributed by atoms with E-state index in [0.29, 0.717) is 23.5 Å². The number of hydroxylamine groups is 1. The van der Waals surface area contributed by atoms with E-state index in [0.717, 1.165) is 4.31 Å². The molecule has 11 nitrogen and oxygen atoms in total. The highest BCUT2D eigenvalue weighted by molar-refractivity contribution is 7.89. The van der Waals surface area contributed by atoms with Crippen LogP contribution in [-0.4, -0.2) is 72.3 Å². The number of amides is 2. The van der Waals surface area contributed by atoms with Gasteiger partial charge in [0.1, 0.15) is 24.1 Å². The van der Waals surface area contributed by atoms with E-state index in [9.17, 15) is 28.3 Å². The first-order chi connectivity index (χ1) is 18.3. The fourth-order valence-corrected chi connectivity index (χ4v) is 4.98. The zero-order valence-electron chi connectivity index (χ0n) is 22.7. The van der Waals surface area contributed by atoms with E-state index in [2.05, 4.69) is 11.8 Å². The number of nitrogens with zero attached hydrogens (tertiary/aromatic N) is 2. The number of sulfonamides is 1. The normalized spacial score (nSPS) is 12.2. The maximum atomic E-state index is 13.3. The standard InChI is InChI=1S/C27H35N3O8S/c1-6-7-18-37-22-13-15-23(16-14-22)39(35,36)29(5)24(25(31)28-34)20-9-11-21(12-10-20)38-19-8-17-30(26(32)33)27(2,3)4/h9-16,24,34H,8,17-19H2,1-5H3,(H,28,31)(H,32,33). The smallest absolute Gasteiger partial charge is 0.407 e. The minimum atomic E-state index is -4.14. The van der Waals surface area contributed by atoms with Crippen LogP contribution in [-0.2, 0) is 14.8 Å². The number of hydrogen-bond donors (Lipinski definition) is 3. The fourth-order valence-electron chi connectivity index (χ4n) is 3.67. The van der Waals surface area contributed by atoms with Crippen LogP contribution in [0, 0.1) is 11.8 Å². The van der Waals surface area contributed by atoms with Gasteiger partial charge < -0.3 is 19.5 Å². The molecule has 0 fully saturated rings. The summed E-state index contributed by atoms with van der Waals surface area (Å²) in [7, 11) is -2.90. The summed E-state index contributed by atoms with van der Waals surface area (Å²) in [5.41, 5.74) is 1.29. The molecule has 212 valence electrons. The van der Waals surface area contributed by atoms with E-state index in [1.165, 1.54) is 53.8 Å². The summed E-state index contributed by atoms with van der Waals surface area (Å²) in [5.74, 6) is 5.39. The van der Waals surface area contributed by atoms with Crippen LogP contribution in [0.25, 0.3) is 0 Å². The van der Waals surface area contributed by atoms with Gasteiger partial charge in [-0.05, 0) is 76.1 Å². The monoisotopic (exact) mass is 561 g/mol. The molecule has 1 atom stereocenters. The van der Waals surface area contributed by atoms with Gasteiger partial charge in [0.2, 0.25) is 10.0 Å². The van der Waals surface area contributed by atoms with Gasteiger partial charge in [-0.15, -0.1) is 5.92 Å². The summed E-state index contributed by atoms with van der Waals surface area (Å²) in [6, 6.07) is 10.5. The second-order valence-electron chi connectivity index (χ2n) is 9.46. The zero-order chi connectivity index (χ0) is 29.2. The second kappa shape index (κ2) is 13.8. The van der Waals surface area contributed by atoms with Crippen molar-refractivity contribution in [2.75, 3.05) is 26.8 Å². The largest absolute Gasteiger partial charge is 0.494 e. The maximum absolute atomic E-state index is 13.3. The minimum Gasteiger partial charge on any atom is -0.494 e. The van der Waals surface area contributed by atoms with Crippen LogP contribution >= 0.6 is 0 Å². The van der Waals surface area contributed by atoms with Gasteiger partial charge in [0.25, 0.3) is 5.91 Å². The van der Waals surface area contributed by atoms with Gasteiger partial charge >= 0.3 is 6.09 Å². The Morgan fingerprint density at radius 1 is 1.03 bits per heavy atom. The van der Waals surface area contributed by atoms with Crippen molar-refractivity contribution < 1.29 is 37.8 Å². The highest BCUT2D eigenvalue weighted by Gasteiger charge is 2.34. The Labute approximate surface area is 229 Å². The molecule has 0 saturated carbocycles. The second-order valence-corrected chi connectivity index (χ2v) is 11.5. The molecule has 2 aromatic carbocycles. The van der Waals surface area contributed by atoms with Crippen molar-refractivity contribution in [2.45, 2.75) is 50.6 Å². The predicted octanol–water partition coefficient (Wildman–Crippen LogP) is 3.50. The molecule has 0 heterocycles. The van der Waals surface area contributed by atoms with Gasteiger partial charge in [0.05, 0.1) is 11.5 Å². The Hall–Kier alpha value is -3.79. The van der Waals surface area contributed by atoms with Crippen LogP contribution in [0.15, 0.2) is 53.4 Å². The Morgan fingerprint density at radius 3 is 2.10 bits per heavy atom. The van der Waals surface area contributed by atoms with Crippen molar-refractivity contribution >= 4 is 22.0 Å². The topological polar surface area (TPSA) is 146 Å². The fraction of sp³-hybridized carbons (Fsp3) is 0.407. The lowest BCUT2D eigenvalue weighted by molar-refractivity contribution is -0.133. The van der Waals surface area contributed by atoms with Crippen LogP contribution in [0.3, 0.4) is 0 Å². The summed E-state index contributed by atoms with van der Waals surface area (Å²) in [6.45, 7) is 7.81. The number of carbonyl (C=O) groups excluding carboxylic acids is 1. The molecule has 2 aromatic rings. The molecule has 0 aromatic heterocycles. The number of nitrogens with one attached hydrogen (secondary N) is 1. The van der Waals surface area contributed by atoms with Gasteiger partial charge in [0, 0.05) is 19.1 Å². The molecule has 0 aliphatic heterocycles. The third-order valence-corrected chi connectivity index (χ3v) is 7.58. The first-order valence-electron chi connectivity index (χ1n) is 12.1. The number of benzene rings is 2. The zero-order valence-corrected chi connectivity index (χ0v) is 23.5. The van der Waals surface area contributed by atoms with Gasteiger partial charge in [-0.25, -0.2) is 18.7 Å². The lowest BCUT2D eigenvalue weighted by Crippen LogP contribution is -2.45. The van der Waals surface area contributed by atoms with Crippen molar-refractivity contribution in [1.82, 2.24) is 14.7 Å². The average molecular weight is 562 g/mol. The first kappa shape index (κ1) is 31.4. The molecule has 0 radical (unpaired) electrons. The SMILES string of the molecule is CC#CCOc1ccc(S(=O)(=O)N(C)C(C(=O)NO)c2ccc(OCCCN(C(=O)O)C(C)(C)C)cc2)cc1. The molecule has 0 aliphatic carbocycles. The minimum absolute atomic E-state index is 0.0692. The average Bonchev–Trinajstić information content (AvgIpc) is 2.88. The van der Waals surface area contributed by atoms with Crippen molar-refractivity contribution in [2.24, 2.45) is 0 Å². The number of rotatable bonds is 12. The molecule has 0 spiro atoms. The number of carbonyl (C=O) groups is 2. The quantitative estimate of drug-likeness (QED) is 0.155. The molecule has 0 saturated heterocycles. The Morgan fingerprint density at radius 2 is 1.59 bits per heavy atom. The van der Waals surface area contributed by atoms with Crippen LogP contribution in [0.4, 0.5) is 4.79 Å². The summed E-state index contributed by atoms with van der Waals surface area (Å²) in [4.78, 5) is 25.3. The third kappa shape index (κ3) is 8.61. The molecule has 2 amide bonds.